The molecule has 7 nitrogen and oxygen atoms in total. The van der Waals surface area contributed by atoms with Gasteiger partial charge in [0.25, 0.3) is 0 Å². The number of amides is 1. The molecule has 1 amide bonds. The minimum Gasteiger partial charge on any atom is -0.399 e. The summed E-state index contributed by atoms with van der Waals surface area (Å²) in [6.45, 7) is 3.99. The number of aromatic nitrogens is 3. The van der Waals surface area contributed by atoms with Gasteiger partial charge < -0.3 is 15.6 Å². The molecule has 3 rings (SSSR count). The first kappa shape index (κ1) is 24.4. The molecule has 1 atom stereocenters. The maximum Gasteiger partial charge on any atom is 0.249 e. The van der Waals surface area contributed by atoms with Gasteiger partial charge in [-0.25, -0.2) is 0 Å². The lowest BCUT2D eigenvalue weighted by Gasteiger charge is -2.18. The first-order chi connectivity index (χ1) is 13.0. The number of anilines is 1. The van der Waals surface area contributed by atoms with Gasteiger partial charge >= 0.3 is 0 Å². The summed E-state index contributed by atoms with van der Waals surface area (Å²) in [5, 5.41) is 7.00. The average Bonchev–Trinajstić information content (AvgIpc) is 3.16. The first-order valence-electron chi connectivity index (χ1n) is 8.91. The number of nitrogens with one attached hydrogen (secondary N) is 1. The molecule has 0 saturated carbocycles. The monoisotopic (exact) mass is 437 g/mol. The summed E-state index contributed by atoms with van der Waals surface area (Å²) in [7, 11) is 0. The van der Waals surface area contributed by atoms with Crippen LogP contribution in [0.2, 0.25) is 0 Å². The number of nitrogens with two attached hydrogens (primary N) is 1. The molecule has 1 unspecified atom stereocenters. The Morgan fingerprint density at radius 1 is 1.17 bits per heavy atom. The quantitative estimate of drug-likeness (QED) is 0.540. The van der Waals surface area contributed by atoms with Crippen LogP contribution in [0.4, 0.5) is 5.69 Å². The molecule has 29 heavy (non-hydrogen) atoms. The molecule has 9 heteroatoms. The Morgan fingerprint density at radius 2 is 1.93 bits per heavy atom. The topological polar surface area (TPSA) is 107 Å². The van der Waals surface area contributed by atoms with Gasteiger partial charge in [-0.2, -0.15) is 4.98 Å². The Labute approximate surface area is 182 Å². The van der Waals surface area contributed by atoms with Gasteiger partial charge in [0.15, 0.2) is 0 Å². The Kier molecular flexibility index (Phi) is 9.58. The van der Waals surface area contributed by atoms with Crippen LogP contribution in [-0.2, 0) is 11.2 Å². The SMILES string of the molecule is CC(C)C(NC(=O)CCc1ccccc1N)c1nc(-c2cccnc2)no1.Cl.Cl. The average molecular weight is 438 g/mol. The Morgan fingerprint density at radius 3 is 2.59 bits per heavy atom. The minimum absolute atomic E-state index is 0. The van der Waals surface area contributed by atoms with Crippen LogP contribution in [0, 0.1) is 5.92 Å². The highest BCUT2D eigenvalue weighted by molar-refractivity contribution is 5.85. The van der Waals surface area contributed by atoms with Crippen molar-refractivity contribution in [2.24, 2.45) is 5.92 Å². The van der Waals surface area contributed by atoms with E-state index in [4.69, 9.17) is 10.3 Å². The summed E-state index contributed by atoms with van der Waals surface area (Å²) in [6, 6.07) is 10.9. The number of para-hydroxylation sites is 1. The van der Waals surface area contributed by atoms with Crippen molar-refractivity contribution in [3.8, 4) is 11.4 Å². The molecule has 0 bridgehead atoms. The number of carbonyl (C=O) groups excluding carboxylic acids is 1. The molecule has 2 aromatic heterocycles. The third-order valence-electron chi connectivity index (χ3n) is 4.29. The van der Waals surface area contributed by atoms with Crippen LogP contribution in [0.3, 0.4) is 0 Å². The predicted molar refractivity (Wildman–Crippen MR) is 117 cm³/mol. The van der Waals surface area contributed by atoms with Crippen LogP contribution in [-0.4, -0.2) is 21.0 Å². The van der Waals surface area contributed by atoms with Crippen LogP contribution in [0.15, 0.2) is 53.3 Å². The van der Waals surface area contributed by atoms with E-state index in [0.717, 1.165) is 11.1 Å². The molecule has 3 aromatic rings. The van der Waals surface area contributed by atoms with Gasteiger partial charge in [-0.15, -0.1) is 24.8 Å². The number of rotatable bonds is 7. The number of nitrogen functional groups attached to an aromatic ring is 1. The molecular weight excluding hydrogens is 413 g/mol. The zero-order valence-corrected chi connectivity index (χ0v) is 17.9. The van der Waals surface area contributed by atoms with Gasteiger partial charge in [0, 0.05) is 30.1 Å². The van der Waals surface area contributed by atoms with E-state index in [1.807, 2.05) is 50.2 Å². The van der Waals surface area contributed by atoms with Gasteiger partial charge in [0.05, 0.1) is 0 Å². The molecule has 0 fully saturated rings. The van der Waals surface area contributed by atoms with Crippen LogP contribution in [0.5, 0.6) is 0 Å². The largest absolute Gasteiger partial charge is 0.399 e. The van der Waals surface area contributed by atoms with E-state index >= 15 is 0 Å². The maximum absolute atomic E-state index is 12.4. The fourth-order valence-corrected chi connectivity index (χ4v) is 2.74. The van der Waals surface area contributed by atoms with Gasteiger partial charge in [0.2, 0.25) is 17.6 Å². The molecule has 2 heterocycles. The van der Waals surface area contributed by atoms with Crippen molar-refractivity contribution in [2.45, 2.75) is 32.7 Å². The highest BCUT2D eigenvalue weighted by Crippen LogP contribution is 2.23. The number of halogens is 2. The molecule has 0 aliphatic heterocycles. The molecule has 156 valence electrons. The lowest BCUT2D eigenvalue weighted by molar-refractivity contribution is -0.122. The molecule has 1 aromatic carbocycles. The van der Waals surface area contributed by atoms with Gasteiger partial charge in [-0.1, -0.05) is 37.2 Å². The van der Waals surface area contributed by atoms with E-state index in [1.54, 1.807) is 12.4 Å². The van der Waals surface area contributed by atoms with Crippen molar-refractivity contribution in [3.05, 3.63) is 60.2 Å². The van der Waals surface area contributed by atoms with Gasteiger partial charge in [0.1, 0.15) is 6.04 Å². The van der Waals surface area contributed by atoms with Gasteiger partial charge in [-0.3, -0.25) is 9.78 Å². The lowest BCUT2D eigenvalue weighted by Crippen LogP contribution is -2.32. The summed E-state index contributed by atoms with van der Waals surface area (Å²) in [5.74, 6) is 0.850. The minimum atomic E-state index is -0.358. The van der Waals surface area contributed by atoms with Gasteiger partial charge in [-0.05, 0) is 36.1 Å². The summed E-state index contributed by atoms with van der Waals surface area (Å²) in [5.41, 5.74) is 8.36. The smallest absolute Gasteiger partial charge is 0.249 e. The summed E-state index contributed by atoms with van der Waals surface area (Å²) < 4.78 is 5.40. The number of carbonyl (C=O) groups is 1. The van der Waals surface area contributed by atoms with E-state index in [1.165, 1.54) is 0 Å². The fourth-order valence-electron chi connectivity index (χ4n) is 2.74. The third kappa shape index (κ3) is 6.44. The molecule has 0 aliphatic carbocycles. The number of benzene rings is 1. The van der Waals surface area contributed by atoms with E-state index in [9.17, 15) is 4.79 Å². The molecule has 0 spiro atoms. The number of aryl methyl sites for hydroxylation is 1. The normalized spacial score (nSPS) is 11.3. The Bertz CT molecular complexity index is 903. The van der Waals surface area contributed by atoms with Crippen molar-refractivity contribution in [2.75, 3.05) is 5.73 Å². The second-order valence-corrected chi connectivity index (χ2v) is 6.69. The summed E-state index contributed by atoms with van der Waals surface area (Å²) in [4.78, 5) is 20.9. The lowest BCUT2D eigenvalue weighted by atomic mass is 10.0. The Hall–Kier alpha value is -2.64. The highest BCUT2D eigenvalue weighted by Gasteiger charge is 2.24. The fraction of sp³-hybridized carbons (Fsp3) is 0.300. The van der Waals surface area contributed by atoms with E-state index < -0.39 is 0 Å². The number of hydrogen-bond acceptors (Lipinski definition) is 6. The zero-order chi connectivity index (χ0) is 19.2. The highest BCUT2D eigenvalue weighted by atomic mass is 35.5. The number of hydrogen-bond donors (Lipinski definition) is 2. The van der Waals surface area contributed by atoms with E-state index in [0.29, 0.717) is 30.2 Å². The van der Waals surface area contributed by atoms with Crippen molar-refractivity contribution >= 4 is 36.4 Å². The summed E-state index contributed by atoms with van der Waals surface area (Å²) in [6.07, 6.45) is 4.26. The van der Waals surface area contributed by atoms with Crippen LogP contribution in [0.25, 0.3) is 11.4 Å². The second-order valence-electron chi connectivity index (χ2n) is 6.69. The zero-order valence-electron chi connectivity index (χ0n) is 16.2. The number of pyridine rings is 1. The van der Waals surface area contributed by atoms with Crippen molar-refractivity contribution in [1.82, 2.24) is 20.4 Å². The summed E-state index contributed by atoms with van der Waals surface area (Å²) >= 11 is 0. The first-order valence-corrected chi connectivity index (χ1v) is 8.91. The standard InChI is InChI=1S/C20H23N5O2.2ClH/c1-13(2)18(20-24-19(25-27-20)15-7-5-11-22-12-15)23-17(26)10-9-14-6-3-4-8-16(14)21;;/h3-8,11-13,18H,9-10,21H2,1-2H3,(H,23,26);2*1H. The van der Waals surface area contributed by atoms with Crippen LogP contribution in [0.1, 0.15) is 37.8 Å². The molecule has 3 N–H and O–H groups in total. The third-order valence-corrected chi connectivity index (χ3v) is 4.29. The molecule has 0 aliphatic rings. The Balaban J connectivity index is 0.00000210. The number of nitrogens with zero attached hydrogens (tertiary/aromatic N) is 3. The van der Waals surface area contributed by atoms with E-state index in [2.05, 4.69) is 20.4 Å². The predicted octanol–water partition coefficient (Wildman–Crippen LogP) is 4.00. The van der Waals surface area contributed by atoms with Crippen molar-refractivity contribution in [3.63, 3.8) is 0 Å². The second kappa shape index (κ2) is 11.4. The van der Waals surface area contributed by atoms with E-state index in [-0.39, 0.29) is 42.7 Å². The maximum atomic E-state index is 12.4. The van der Waals surface area contributed by atoms with Crippen molar-refractivity contribution in [1.29, 1.82) is 0 Å². The molecule has 0 saturated heterocycles. The van der Waals surface area contributed by atoms with Crippen molar-refractivity contribution < 1.29 is 9.32 Å². The van der Waals surface area contributed by atoms with Crippen LogP contribution < -0.4 is 11.1 Å². The molecule has 0 radical (unpaired) electrons. The molecular formula is C20H25Cl2N5O2. The van der Waals surface area contributed by atoms with Crippen LogP contribution >= 0.6 is 24.8 Å².